The second-order valence-corrected chi connectivity index (χ2v) is 5.57. The van der Waals surface area contributed by atoms with E-state index in [1.807, 2.05) is 39.1 Å². The molecule has 0 spiro atoms. The lowest BCUT2D eigenvalue weighted by atomic mass is 10.1. The van der Waals surface area contributed by atoms with Crippen molar-refractivity contribution in [2.45, 2.75) is 39.9 Å². The highest BCUT2D eigenvalue weighted by Crippen LogP contribution is 2.28. The van der Waals surface area contributed by atoms with Crippen LogP contribution in [0.3, 0.4) is 0 Å². The van der Waals surface area contributed by atoms with Crippen molar-refractivity contribution in [1.82, 2.24) is 9.78 Å². The molecular formula is C16H21ClN2O2. The Kier molecular flexibility index (Phi) is 4.91. The zero-order chi connectivity index (χ0) is 15.6. The van der Waals surface area contributed by atoms with Crippen LogP contribution in [-0.2, 0) is 20.1 Å². The number of hydrogen-bond donors (Lipinski definition) is 1. The first-order valence-electron chi connectivity index (χ1n) is 7.05. The molecule has 0 aliphatic rings. The first kappa shape index (κ1) is 15.9. The fourth-order valence-corrected chi connectivity index (χ4v) is 2.58. The predicted molar refractivity (Wildman–Crippen MR) is 83.7 cm³/mol. The van der Waals surface area contributed by atoms with E-state index in [9.17, 15) is 5.11 Å². The van der Waals surface area contributed by atoms with Crippen LogP contribution in [0.4, 0.5) is 0 Å². The van der Waals surface area contributed by atoms with Crippen LogP contribution >= 0.6 is 11.6 Å². The third-order valence-corrected chi connectivity index (χ3v) is 3.92. The standard InChI is InChI=1S/C16H21ClN2O2/c1-5-13-16(17)14(19(4)18-13)9-21-15-8-10(2)6-7-12(15)11(3)20/h6-8,11,20H,5,9H2,1-4H3/t11-/m1/s1. The number of halogens is 1. The van der Waals surface area contributed by atoms with E-state index >= 15 is 0 Å². The smallest absolute Gasteiger partial charge is 0.131 e. The van der Waals surface area contributed by atoms with E-state index in [2.05, 4.69) is 5.10 Å². The van der Waals surface area contributed by atoms with E-state index < -0.39 is 6.10 Å². The lowest BCUT2D eigenvalue weighted by Gasteiger charge is -2.14. The van der Waals surface area contributed by atoms with Crippen LogP contribution in [0, 0.1) is 6.92 Å². The summed E-state index contributed by atoms with van der Waals surface area (Å²) in [6, 6.07) is 5.77. The maximum atomic E-state index is 9.82. The molecule has 0 aliphatic carbocycles. The van der Waals surface area contributed by atoms with Crippen molar-refractivity contribution in [3.63, 3.8) is 0 Å². The summed E-state index contributed by atoms with van der Waals surface area (Å²) >= 11 is 6.32. The summed E-state index contributed by atoms with van der Waals surface area (Å²) in [7, 11) is 1.86. The van der Waals surface area contributed by atoms with Gasteiger partial charge in [-0.1, -0.05) is 30.7 Å². The van der Waals surface area contributed by atoms with Crippen LogP contribution in [0.5, 0.6) is 5.75 Å². The number of benzene rings is 1. The molecule has 4 nitrogen and oxygen atoms in total. The van der Waals surface area contributed by atoms with Crippen molar-refractivity contribution in [3.05, 3.63) is 45.7 Å². The molecule has 2 aromatic rings. The monoisotopic (exact) mass is 308 g/mol. The molecule has 114 valence electrons. The molecule has 0 saturated heterocycles. The van der Waals surface area contributed by atoms with Crippen LogP contribution in [0.15, 0.2) is 18.2 Å². The maximum Gasteiger partial charge on any atom is 0.131 e. The van der Waals surface area contributed by atoms with Gasteiger partial charge in [-0.3, -0.25) is 4.68 Å². The molecule has 1 N–H and O–H groups in total. The number of aliphatic hydroxyl groups is 1. The highest BCUT2D eigenvalue weighted by Gasteiger charge is 2.15. The molecule has 0 saturated carbocycles. The summed E-state index contributed by atoms with van der Waals surface area (Å²) < 4.78 is 7.63. The molecule has 0 radical (unpaired) electrons. The molecule has 1 heterocycles. The van der Waals surface area contributed by atoms with Gasteiger partial charge in [0.1, 0.15) is 12.4 Å². The molecule has 2 rings (SSSR count). The highest BCUT2D eigenvalue weighted by atomic mass is 35.5. The average Bonchev–Trinajstić information content (AvgIpc) is 2.71. The Morgan fingerprint density at radius 2 is 2.14 bits per heavy atom. The Hall–Kier alpha value is -1.52. The van der Waals surface area contributed by atoms with E-state index in [-0.39, 0.29) is 0 Å². The second-order valence-electron chi connectivity index (χ2n) is 5.19. The third kappa shape index (κ3) is 3.39. The molecule has 1 atom stereocenters. The second kappa shape index (κ2) is 6.50. The first-order valence-corrected chi connectivity index (χ1v) is 7.43. The number of nitrogens with zero attached hydrogens (tertiary/aromatic N) is 2. The number of aliphatic hydroxyl groups excluding tert-OH is 1. The van der Waals surface area contributed by atoms with E-state index in [0.717, 1.165) is 28.9 Å². The first-order chi connectivity index (χ1) is 9.93. The SMILES string of the molecule is CCc1nn(C)c(COc2cc(C)ccc2[C@@H](C)O)c1Cl. The number of hydrogen-bond acceptors (Lipinski definition) is 3. The van der Waals surface area contributed by atoms with Gasteiger partial charge in [-0.15, -0.1) is 0 Å². The van der Waals surface area contributed by atoms with Crippen LogP contribution in [0.25, 0.3) is 0 Å². The van der Waals surface area contributed by atoms with Gasteiger partial charge in [0.15, 0.2) is 0 Å². The molecule has 21 heavy (non-hydrogen) atoms. The summed E-state index contributed by atoms with van der Waals surface area (Å²) in [5.74, 6) is 0.681. The van der Waals surface area contributed by atoms with Crippen LogP contribution in [-0.4, -0.2) is 14.9 Å². The fraction of sp³-hybridized carbons (Fsp3) is 0.438. The molecule has 0 unspecified atom stereocenters. The average molecular weight is 309 g/mol. The molecule has 0 fully saturated rings. The quantitative estimate of drug-likeness (QED) is 0.918. The topological polar surface area (TPSA) is 47.3 Å². The minimum absolute atomic E-state index is 0.325. The van der Waals surface area contributed by atoms with Crippen LogP contribution < -0.4 is 4.74 Å². The van der Waals surface area contributed by atoms with Gasteiger partial charge in [0.2, 0.25) is 0 Å². The zero-order valence-corrected chi connectivity index (χ0v) is 13.6. The maximum absolute atomic E-state index is 9.82. The largest absolute Gasteiger partial charge is 0.487 e. The Morgan fingerprint density at radius 1 is 1.43 bits per heavy atom. The lowest BCUT2D eigenvalue weighted by molar-refractivity contribution is 0.189. The summed E-state index contributed by atoms with van der Waals surface area (Å²) in [4.78, 5) is 0. The minimum atomic E-state index is -0.575. The van der Waals surface area contributed by atoms with Crippen molar-refractivity contribution in [2.75, 3.05) is 0 Å². The number of aryl methyl sites for hydroxylation is 3. The number of ether oxygens (including phenoxy) is 1. The van der Waals surface area contributed by atoms with Gasteiger partial charge in [0, 0.05) is 12.6 Å². The van der Waals surface area contributed by atoms with Gasteiger partial charge in [0.05, 0.1) is 22.5 Å². The van der Waals surface area contributed by atoms with Crippen molar-refractivity contribution >= 4 is 11.6 Å². The molecule has 0 amide bonds. The van der Waals surface area contributed by atoms with E-state index in [4.69, 9.17) is 16.3 Å². The van der Waals surface area contributed by atoms with Gasteiger partial charge in [-0.05, 0) is 31.9 Å². The third-order valence-electron chi connectivity index (χ3n) is 3.49. The lowest BCUT2D eigenvalue weighted by Crippen LogP contribution is -2.06. The van der Waals surface area contributed by atoms with Crippen molar-refractivity contribution in [1.29, 1.82) is 0 Å². The van der Waals surface area contributed by atoms with Crippen LogP contribution in [0.1, 0.15) is 42.5 Å². The number of aromatic nitrogens is 2. The zero-order valence-electron chi connectivity index (χ0n) is 12.9. The molecular weight excluding hydrogens is 288 g/mol. The summed E-state index contributed by atoms with van der Waals surface area (Å²) in [5, 5.41) is 14.9. The van der Waals surface area contributed by atoms with Gasteiger partial charge in [-0.2, -0.15) is 5.10 Å². The molecule has 5 heteroatoms. The van der Waals surface area contributed by atoms with E-state index in [1.165, 1.54) is 0 Å². The Bertz CT molecular complexity index is 635. The minimum Gasteiger partial charge on any atom is -0.487 e. The van der Waals surface area contributed by atoms with Crippen molar-refractivity contribution < 1.29 is 9.84 Å². The highest BCUT2D eigenvalue weighted by molar-refractivity contribution is 6.31. The molecule has 1 aromatic heterocycles. The summed E-state index contributed by atoms with van der Waals surface area (Å²) in [6.45, 7) is 6.06. The molecule has 0 bridgehead atoms. The molecule has 1 aromatic carbocycles. The van der Waals surface area contributed by atoms with Gasteiger partial charge in [-0.25, -0.2) is 0 Å². The van der Waals surface area contributed by atoms with Gasteiger partial charge in [0.25, 0.3) is 0 Å². The van der Waals surface area contributed by atoms with Crippen molar-refractivity contribution in [3.8, 4) is 5.75 Å². The Morgan fingerprint density at radius 3 is 2.71 bits per heavy atom. The number of rotatable bonds is 5. The molecule has 0 aliphatic heterocycles. The van der Waals surface area contributed by atoms with Gasteiger partial charge < -0.3 is 9.84 Å². The van der Waals surface area contributed by atoms with Crippen LogP contribution in [0.2, 0.25) is 5.02 Å². The Labute approximate surface area is 130 Å². The fourth-order valence-electron chi connectivity index (χ4n) is 2.23. The Balaban J connectivity index is 2.24. The summed E-state index contributed by atoms with van der Waals surface area (Å²) in [5.41, 5.74) is 3.57. The van der Waals surface area contributed by atoms with Gasteiger partial charge >= 0.3 is 0 Å². The predicted octanol–water partition coefficient (Wildman–Crippen LogP) is 3.58. The normalized spacial score (nSPS) is 12.5. The van der Waals surface area contributed by atoms with Crippen molar-refractivity contribution in [2.24, 2.45) is 7.05 Å². The summed E-state index contributed by atoms with van der Waals surface area (Å²) in [6.07, 6.45) is 0.213. The van der Waals surface area contributed by atoms with E-state index in [0.29, 0.717) is 17.4 Å². The van der Waals surface area contributed by atoms with E-state index in [1.54, 1.807) is 11.6 Å².